The van der Waals surface area contributed by atoms with Crippen LogP contribution in [0.3, 0.4) is 0 Å². The fourth-order valence-corrected chi connectivity index (χ4v) is 1.84. The fourth-order valence-electron chi connectivity index (χ4n) is 1.61. The summed E-state index contributed by atoms with van der Waals surface area (Å²) in [4.78, 5) is 1.28. The lowest BCUT2D eigenvalue weighted by Gasteiger charge is -2.32. The molecular formula is C10H18S. The molecule has 1 atom stereocenters. The fraction of sp³-hybridized carbons (Fsp3) is 0.800. The maximum absolute atomic E-state index is 4.36. The van der Waals surface area contributed by atoms with Gasteiger partial charge in [-0.25, -0.2) is 0 Å². The summed E-state index contributed by atoms with van der Waals surface area (Å²) < 4.78 is 0. The van der Waals surface area contributed by atoms with Crippen molar-refractivity contribution >= 4 is 12.6 Å². The van der Waals surface area contributed by atoms with E-state index < -0.39 is 0 Å². The summed E-state index contributed by atoms with van der Waals surface area (Å²) in [5.41, 5.74) is 0.477. The highest BCUT2D eigenvalue weighted by Crippen LogP contribution is 2.37. The highest BCUT2D eigenvalue weighted by Gasteiger charge is 2.25. The van der Waals surface area contributed by atoms with Gasteiger partial charge in [0.2, 0.25) is 0 Å². The molecule has 1 aliphatic carbocycles. The van der Waals surface area contributed by atoms with E-state index in [9.17, 15) is 0 Å². The zero-order valence-electron chi connectivity index (χ0n) is 7.72. The molecule has 0 aromatic rings. The Kier molecular flexibility index (Phi) is 2.69. The van der Waals surface area contributed by atoms with E-state index in [0.717, 1.165) is 5.92 Å². The van der Waals surface area contributed by atoms with Crippen molar-refractivity contribution in [2.45, 2.75) is 40.0 Å². The Morgan fingerprint density at radius 1 is 1.45 bits per heavy atom. The van der Waals surface area contributed by atoms with Crippen molar-refractivity contribution in [2.24, 2.45) is 11.3 Å². The summed E-state index contributed by atoms with van der Waals surface area (Å²) in [7, 11) is 0. The first kappa shape index (κ1) is 9.18. The molecule has 0 aromatic heterocycles. The van der Waals surface area contributed by atoms with Crippen molar-refractivity contribution in [1.29, 1.82) is 0 Å². The molecule has 0 heterocycles. The van der Waals surface area contributed by atoms with E-state index in [0.29, 0.717) is 5.41 Å². The average Bonchev–Trinajstić information content (AvgIpc) is 1.86. The average molecular weight is 170 g/mol. The molecule has 0 spiro atoms. The first-order chi connectivity index (χ1) is 5.00. The topological polar surface area (TPSA) is 0 Å². The summed E-state index contributed by atoms with van der Waals surface area (Å²) >= 11 is 4.36. The Hall–Kier alpha value is 0.0900. The molecule has 0 nitrogen and oxygen atoms in total. The molecule has 11 heavy (non-hydrogen) atoms. The molecule has 1 aliphatic rings. The second kappa shape index (κ2) is 3.22. The quantitative estimate of drug-likeness (QED) is 0.527. The zero-order chi connectivity index (χ0) is 8.48. The predicted octanol–water partition coefficient (Wildman–Crippen LogP) is 3.65. The van der Waals surface area contributed by atoms with Crippen LogP contribution in [0.1, 0.15) is 40.0 Å². The van der Waals surface area contributed by atoms with Gasteiger partial charge >= 0.3 is 0 Å². The van der Waals surface area contributed by atoms with Gasteiger partial charge in [0.05, 0.1) is 0 Å². The first-order valence-electron chi connectivity index (χ1n) is 4.38. The minimum Gasteiger partial charge on any atom is -0.148 e. The molecule has 1 rings (SSSR count). The third-order valence-electron chi connectivity index (χ3n) is 2.61. The Morgan fingerprint density at radius 2 is 2.09 bits per heavy atom. The van der Waals surface area contributed by atoms with E-state index in [-0.39, 0.29) is 0 Å². The Labute approximate surface area is 75.5 Å². The maximum atomic E-state index is 4.36. The Bertz CT molecular complexity index is 162. The predicted molar refractivity (Wildman–Crippen MR) is 53.9 cm³/mol. The van der Waals surface area contributed by atoms with Crippen molar-refractivity contribution in [2.75, 3.05) is 0 Å². The molecule has 0 amide bonds. The molecule has 0 aliphatic heterocycles. The van der Waals surface area contributed by atoms with Crippen LogP contribution in [0.25, 0.3) is 0 Å². The Morgan fingerprint density at radius 3 is 2.45 bits per heavy atom. The van der Waals surface area contributed by atoms with Gasteiger partial charge in [-0.2, -0.15) is 0 Å². The van der Waals surface area contributed by atoms with Gasteiger partial charge in [-0.1, -0.05) is 26.8 Å². The van der Waals surface area contributed by atoms with Crippen molar-refractivity contribution in [3.63, 3.8) is 0 Å². The molecule has 0 saturated heterocycles. The molecule has 0 N–H and O–H groups in total. The van der Waals surface area contributed by atoms with Gasteiger partial charge in [0.1, 0.15) is 0 Å². The highest BCUT2D eigenvalue weighted by molar-refractivity contribution is 7.84. The molecule has 0 radical (unpaired) electrons. The van der Waals surface area contributed by atoms with E-state index in [1.807, 2.05) is 0 Å². The largest absolute Gasteiger partial charge is 0.148 e. The lowest BCUT2D eigenvalue weighted by atomic mass is 9.74. The van der Waals surface area contributed by atoms with E-state index in [2.05, 4.69) is 39.5 Å². The van der Waals surface area contributed by atoms with Crippen molar-refractivity contribution in [3.05, 3.63) is 11.0 Å². The normalized spacial score (nSPS) is 26.5. The van der Waals surface area contributed by atoms with Crippen LogP contribution in [0.5, 0.6) is 0 Å². The minimum absolute atomic E-state index is 0.477. The van der Waals surface area contributed by atoms with Gasteiger partial charge in [-0.05, 0) is 35.5 Å². The lowest BCUT2D eigenvalue weighted by Crippen LogP contribution is -2.21. The highest BCUT2D eigenvalue weighted by atomic mass is 32.1. The maximum Gasteiger partial charge on any atom is -0.0221 e. The van der Waals surface area contributed by atoms with Crippen molar-refractivity contribution < 1.29 is 0 Å². The monoisotopic (exact) mass is 170 g/mol. The third kappa shape index (κ3) is 2.55. The number of hydrogen-bond acceptors (Lipinski definition) is 1. The first-order valence-corrected chi connectivity index (χ1v) is 4.83. The summed E-state index contributed by atoms with van der Waals surface area (Å²) in [5, 5.41) is 0. The molecule has 0 saturated carbocycles. The van der Waals surface area contributed by atoms with Gasteiger partial charge in [0.15, 0.2) is 0 Å². The van der Waals surface area contributed by atoms with E-state index in [1.54, 1.807) is 0 Å². The van der Waals surface area contributed by atoms with Gasteiger partial charge in [-0.15, -0.1) is 12.6 Å². The van der Waals surface area contributed by atoms with Gasteiger partial charge in [0.25, 0.3) is 0 Å². The van der Waals surface area contributed by atoms with Gasteiger partial charge < -0.3 is 0 Å². The summed E-state index contributed by atoms with van der Waals surface area (Å²) in [6, 6.07) is 0. The van der Waals surface area contributed by atoms with Crippen LogP contribution in [0.4, 0.5) is 0 Å². The van der Waals surface area contributed by atoms with Crippen LogP contribution in [0.15, 0.2) is 11.0 Å². The summed E-state index contributed by atoms with van der Waals surface area (Å²) in [6.45, 7) is 6.99. The van der Waals surface area contributed by atoms with Crippen LogP contribution >= 0.6 is 12.6 Å². The van der Waals surface area contributed by atoms with Crippen molar-refractivity contribution in [1.82, 2.24) is 0 Å². The molecule has 1 unspecified atom stereocenters. The molecule has 0 aromatic carbocycles. The molecule has 0 fully saturated rings. The minimum atomic E-state index is 0.477. The molecule has 64 valence electrons. The van der Waals surface area contributed by atoms with Gasteiger partial charge in [0, 0.05) is 0 Å². The smallest absolute Gasteiger partial charge is 0.0221 e. The molecular weight excluding hydrogens is 152 g/mol. The van der Waals surface area contributed by atoms with Crippen molar-refractivity contribution in [3.8, 4) is 0 Å². The second-order valence-corrected chi connectivity index (χ2v) is 5.11. The second-order valence-electron chi connectivity index (χ2n) is 4.53. The molecule has 1 heteroatoms. The SMILES string of the molecule is CC(C)(C)C1CC=C(S)CC1. The number of thiol groups is 1. The zero-order valence-corrected chi connectivity index (χ0v) is 8.62. The number of rotatable bonds is 0. The van der Waals surface area contributed by atoms with E-state index in [1.165, 1.54) is 24.2 Å². The summed E-state index contributed by atoms with van der Waals surface area (Å²) in [5.74, 6) is 0.860. The van der Waals surface area contributed by atoms with Crippen LogP contribution < -0.4 is 0 Å². The lowest BCUT2D eigenvalue weighted by molar-refractivity contribution is 0.223. The third-order valence-corrected chi connectivity index (χ3v) is 3.02. The van der Waals surface area contributed by atoms with Crippen LogP contribution in [0.2, 0.25) is 0 Å². The summed E-state index contributed by atoms with van der Waals surface area (Å²) in [6.07, 6.45) is 6.01. The number of allylic oxidation sites excluding steroid dienone is 2. The standard InChI is InChI=1S/C10H18S/c1-10(2,3)8-4-6-9(11)7-5-8/h6,8,11H,4-5,7H2,1-3H3. The van der Waals surface area contributed by atoms with Crippen LogP contribution in [0, 0.1) is 11.3 Å². The molecule has 0 bridgehead atoms. The number of hydrogen-bond donors (Lipinski definition) is 1. The van der Waals surface area contributed by atoms with E-state index in [4.69, 9.17) is 0 Å². The van der Waals surface area contributed by atoms with E-state index >= 15 is 0 Å². The van der Waals surface area contributed by atoms with Gasteiger partial charge in [-0.3, -0.25) is 0 Å². The van der Waals surface area contributed by atoms with Crippen LogP contribution in [-0.4, -0.2) is 0 Å². The Balaban J connectivity index is 2.54. The van der Waals surface area contributed by atoms with Crippen LogP contribution in [-0.2, 0) is 0 Å².